The molecule has 4 rings (SSSR count). The number of thiazole rings is 1. The summed E-state index contributed by atoms with van der Waals surface area (Å²) in [6.07, 6.45) is 0.443. The van der Waals surface area contributed by atoms with Crippen molar-refractivity contribution in [2.24, 2.45) is 11.1 Å². The molecule has 3 aromatic rings. The zero-order valence-electron chi connectivity index (χ0n) is 44.5. The SMILES string of the molecule is CC(C)(C)OC(=O)NC[C@@H](C[n+]1cc(-c2ccc(OC[C@H](O/N=C(\C(=O)O)c3csc(NC(=O)OC(C)(C)C)n3)C(=O)OC(C)(C)C)cc2)cn1CC1CN(C(=O)OC(C)(C)C)C1)O[Si](C)(C)C(C)(C)C. The molecule has 1 saturated heterocycles. The number of esters is 1. The molecule has 0 saturated carbocycles. The number of oxime groups is 1. The van der Waals surface area contributed by atoms with Gasteiger partial charge >= 0.3 is 30.2 Å². The Morgan fingerprint density at radius 3 is 1.96 bits per heavy atom. The van der Waals surface area contributed by atoms with Crippen LogP contribution in [-0.4, -0.2) is 125 Å². The van der Waals surface area contributed by atoms with Crippen LogP contribution in [0.25, 0.3) is 11.1 Å². The molecule has 3 amide bonds. The largest absolute Gasteiger partial charge is 0.489 e. The summed E-state index contributed by atoms with van der Waals surface area (Å²) in [7, 11) is -2.34. The first kappa shape index (κ1) is 57.8. The molecule has 394 valence electrons. The second-order valence-corrected chi connectivity index (χ2v) is 28.6. The van der Waals surface area contributed by atoms with Crippen molar-refractivity contribution in [2.45, 2.75) is 170 Å². The molecule has 0 aliphatic carbocycles. The summed E-state index contributed by atoms with van der Waals surface area (Å²) in [5.41, 5.74) is -2.05. The first-order chi connectivity index (χ1) is 32.5. The van der Waals surface area contributed by atoms with Crippen molar-refractivity contribution < 1.29 is 66.7 Å². The molecule has 1 aliphatic rings. The van der Waals surface area contributed by atoms with Gasteiger partial charge in [-0.2, -0.15) is 4.68 Å². The average molecular weight is 1030 g/mol. The molecular formula is C49H76N7O13SSi+. The lowest BCUT2D eigenvalue weighted by atomic mass is 10.0. The zero-order chi connectivity index (χ0) is 53.5. The fourth-order valence-corrected chi connectivity index (χ4v) is 8.44. The number of carbonyl (C=O) groups is 5. The summed E-state index contributed by atoms with van der Waals surface area (Å²) in [6, 6.07) is 7.16. The molecule has 0 bridgehead atoms. The number of nitrogens with zero attached hydrogens (tertiary/aromatic N) is 5. The highest BCUT2D eigenvalue weighted by Gasteiger charge is 2.41. The third-order valence-electron chi connectivity index (χ3n) is 10.6. The van der Waals surface area contributed by atoms with Crippen LogP contribution in [0.1, 0.15) is 110 Å². The number of amides is 3. The van der Waals surface area contributed by atoms with E-state index >= 15 is 0 Å². The maximum Gasteiger partial charge on any atom is 0.413 e. The summed E-state index contributed by atoms with van der Waals surface area (Å²) in [5, 5.41) is 20.5. The molecule has 2 atom stereocenters. The van der Waals surface area contributed by atoms with Gasteiger partial charge in [0.25, 0.3) is 6.10 Å². The van der Waals surface area contributed by atoms with Gasteiger partial charge in [0, 0.05) is 24.4 Å². The van der Waals surface area contributed by atoms with Crippen molar-refractivity contribution in [1.82, 2.24) is 19.9 Å². The van der Waals surface area contributed by atoms with Crippen LogP contribution < -0.4 is 20.1 Å². The summed E-state index contributed by atoms with van der Waals surface area (Å²) < 4.78 is 39.1. The minimum Gasteiger partial charge on any atom is -0.489 e. The Kier molecular flexibility index (Phi) is 18.5. The topological polar surface area (TPSA) is 232 Å². The van der Waals surface area contributed by atoms with Crippen molar-refractivity contribution in [3.05, 3.63) is 47.7 Å². The van der Waals surface area contributed by atoms with Gasteiger partial charge < -0.3 is 48.3 Å². The second kappa shape index (κ2) is 22.8. The van der Waals surface area contributed by atoms with Crippen molar-refractivity contribution in [3.8, 4) is 16.9 Å². The molecule has 1 aliphatic heterocycles. The standard InChI is InChI=1S/C49H75N7O13SSi/c1-45(2,3)64-40(59)37(68-53-38(39(57)58)36-30-70-41(51-36)52-43(61)66-47(7,8)9)29-63-34-20-18-32(19-21-34)33-26-55(25-31-23-54(24-31)44(62)67-48(10,11)12)56(27-33)28-35(69-71(16,17)49(13,14)15)22-50-42(60)65-46(4,5)6/h18-21,26-27,30-31,35,37H,22-25,28-29H2,1-17H3,(H2-,50,51,52,57,58,60,61)/p+1/b53-38-/t35-,37-/m0/s1. The van der Waals surface area contributed by atoms with E-state index in [0.717, 1.165) is 22.5 Å². The number of hydrogen-bond acceptors (Lipinski definition) is 15. The Balaban J connectivity index is 1.59. The van der Waals surface area contributed by atoms with Crippen LogP contribution >= 0.6 is 11.3 Å². The first-order valence-corrected chi connectivity index (χ1v) is 27.4. The molecule has 3 N–H and O–H groups in total. The van der Waals surface area contributed by atoms with Crippen molar-refractivity contribution in [1.29, 1.82) is 0 Å². The number of ether oxygens (including phenoxy) is 5. The van der Waals surface area contributed by atoms with E-state index in [1.54, 1.807) is 58.6 Å². The van der Waals surface area contributed by atoms with E-state index in [4.69, 9.17) is 32.9 Å². The van der Waals surface area contributed by atoms with E-state index in [1.165, 1.54) is 5.38 Å². The maximum atomic E-state index is 13.4. The smallest absolute Gasteiger partial charge is 0.413 e. The Morgan fingerprint density at radius 1 is 0.831 bits per heavy atom. The fourth-order valence-electron chi connectivity index (χ4n) is 6.42. The van der Waals surface area contributed by atoms with Gasteiger partial charge in [0.15, 0.2) is 20.0 Å². The van der Waals surface area contributed by atoms with Crippen LogP contribution in [0.4, 0.5) is 19.5 Å². The lowest BCUT2D eigenvalue weighted by molar-refractivity contribution is -0.780. The average Bonchev–Trinajstić information content (AvgIpc) is 3.79. The normalized spacial score (nSPS) is 14.9. The molecule has 1 fully saturated rings. The van der Waals surface area contributed by atoms with Gasteiger partial charge in [-0.05, 0) is 119 Å². The lowest BCUT2D eigenvalue weighted by Crippen LogP contribution is -2.57. The molecule has 22 heteroatoms. The zero-order valence-corrected chi connectivity index (χ0v) is 46.3. The Morgan fingerprint density at radius 2 is 1.41 bits per heavy atom. The van der Waals surface area contributed by atoms with E-state index in [-0.39, 0.29) is 34.4 Å². The van der Waals surface area contributed by atoms with Crippen molar-refractivity contribution in [3.63, 3.8) is 0 Å². The number of carboxylic acid groups (broad SMARTS) is 1. The first-order valence-electron chi connectivity index (χ1n) is 23.6. The van der Waals surface area contributed by atoms with Crippen LogP contribution in [-0.2, 0) is 50.9 Å². The van der Waals surface area contributed by atoms with Crippen molar-refractivity contribution >= 4 is 60.7 Å². The number of aliphatic carboxylic acids is 1. The summed E-state index contributed by atoms with van der Waals surface area (Å²) >= 11 is 0.943. The monoisotopic (exact) mass is 1030 g/mol. The molecule has 20 nitrogen and oxygen atoms in total. The minimum atomic E-state index is -2.34. The van der Waals surface area contributed by atoms with Crippen LogP contribution in [0.2, 0.25) is 18.1 Å². The van der Waals surface area contributed by atoms with Gasteiger partial charge in [0.05, 0.1) is 24.8 Å². The van der Waals surface area contributed by atoms with Gasteiger partial charge in [-0.15, -0.1) is 16.0 Å². The van der Waals surface area contributed by atoms with Crippen molar-refractivity contribution in [2.75, 3.05) is 31.6 Å². The van der Waals surface area contributed by atoms with Gasteiger partial charge in [-0.25, -0.2) is 29.0 Å². The molecule has 0 spiro atoms. The number of benzene rings is 1. The molecule has 2 aromatic heterocycles. The van der Waals surface area contributed by atoms with Gasteiger partial charge in [-0.3, -0.25) is 5.32 Å². The highest BCUT2D eigenvalue weighted by atomic mass is 32.1. The lowest BCUT2D eigenvalue weighted by Gasteiger charge is -2.39. The number of likely N-dealkylation sites (tertiary alicyclic amines) is 1. The molecule has 3 heterocycles. The predicted octanol–water partition coefficient (Wildman–Crippen LogP) is 8.62. The number of anilines is 1. The molecule has 1 aromatic carbocycles. The number of carbonyl (C=O) groups excluding carboxylic acids is 4. The molecule has 0 unspecified atom stereocenters. The van der Waals surface area contributed by atoms with E-state index in [9.17, 15) is 29.1 Å². The summed E-state index contributed by atoms with van der Waals surface area (Å²) in [5.74, 6) is -1.84. The minimum absolute atomic E-state index is 0.0579. The fraction of sp³-hybridized carbons (Fsp3) is 0.633. The number of rotatable bonds is 18. The number of alkyl carbamates (subject to hydrolysis) is 1. The quantitative estimate of drug-likeness (QED) is 0.0271. The van der Waals surface area contributed by atoms with E-state index in [2.05, 4.69) is 64.0 Å². The van der Waals surface area contributed by atoms with E-state index < -0.39 is 79.4 Å². The summed E-state index contributed by atoms with van der Waals surface area (Å²) in [6.45, 7) is 33.7. The molecular weight excluding hydrogens is 955 g/mol. The molecule has 71 heavy (non-hydrogen) atoms. The number of aromatic nitrogens is 3. The van der Waals surface area contributed by atoms with E-state index in [1.807, 2.05) is 66.1 Å². The third-order valence-corrected chi connectivity index (χ3v) is 15.9. The van der Waals surface area contributed by atoms with Gasteiger partial charge in [0.2, 0.25) is 11.9 Å². The van der Waals surface area contributed by atoms with Crippen LogP contribution in [0.3, 0.4) is 0 Å². The molecule has 0 radical (unpaired) electrons. The second-order valence-electron chi connectivity index (χ2n) is 23.0. The highest BCUT2D eigenvalue weighted by molar-refractivity contribution is 7.14. The Hall–Kier alpha value is -5.74. The third kappa shape index (κ3) is 19.1. The van der Waals surface area contributed by atoms with Gasteiger partial charge in [-0.1, -0.05) is 38.1 Å². The van der Waals surface area contributed by atoms with Crippen LogP contribution in [0.15, 0.2) is 47.2 Å². The number of nitrogens with one attached hydrogen (secondary N) is 2. The van der Waals surface area contributed by atoms with E-state index in [0.29, 0.717) is 31.9 Å². The van der Waals surface area contributed by atoms with Gasteiger partial charge in [0.1, 0.15) is 46.6 Å². The highest BCUT2D eigenvalue weighted by Crippen LogP contribution is 2.37. The summed E-state index contributed by atoms with van der Waals surface area (Å²) in [4.78, 5) is 75.0. The maximum absolute atomic E-state index is 13.4. The predicted molar refractivity (Wildman–Crippen MR) is 270 cm³/mol. The number of carboxylic acids is 1. The number of hydrogen-bond donors (Lipinski definition) is 3. The van der Waals surface area contributed by atoms with Crippen LogP contribution in [0.5, 0.6) is 5.75 Å². The van der Waals surface area contributed by atoms with Crippen LogP contribution in [0, 0.1) is 5.92 Å². The Labute approximate surface area is 422 Å². The Bertz CT molecular complexity index is 2360.